The van der Waals surface area contributed by atoms with E-state index in [1.54, 1.807) is 6.20 Å². The molecule has 20 heavy (non-hydrogen) atoms. The van der Waals surface area contributed by atoms with Gasteiger partial charge in [0.15, 0.2) is 0 Å². The van der Waals surface area contributed by atoms with Crippen LogP contribution in [0.1, 0.15) is 30.0 Å². The Balaban J connectivity index is 2.33. The number of pyridine rings is 1. The molecule has 6 heteroatoms. The first kappa shape index (κ1) is 15.5. The van der Waals surface area contributed by atoms with Crippen LogP contribution in [0.25, 0.3) is 0 Å². The molecular weight excluding hydrogens is 340 g/mol. The summed E-state index contributed by atoms with van der Waals surface area (Å²) in [5.74, 6) is 0. The van der Waals surface area contributed by atoms with Crippen molar-refractivity contribution < 1.29 is 0 Å². The van der Waals surface area contributed by atoms with Crippen LogP contribution < -0.4 is 5.32 Å². The summed E-state index contributed by atoms with van der Waals surface area (Å²) in [7, 11) is 1.92. The lowest BCUT2D eigenvalue weighted by Crippen LogP contribution is -2.25. The van der Waals surface area contributed by atoms with Gasteiger partial charge in [0.1, 0.15) is 0 Å². The van der Waals surface area contributed by atoms with E-state index in [1.807, 2.05) is 30.8 Å². The molecule has 0 amide bonds. The van der Waals surface area contributed by atoms with Crippen molar-refractivity contribution in [2.24, 2.45) is 7.05 Å². The van der Waals surface area contributed by atoms with Crippen molar-refractivity contribution in [2.45, 2.75) is 26.3 Å². The highest BCUT2D eigenvalue weighted by Crippen LogP contribution is 2.28. The first-order valence-corrected chi connectivity index (χ1v) is 7.73. The monoisotopic (exact) mass is 356 g/mol. The molecule has 0 radical (unpaired) electrons. The number of aromatic nitrogens is 3. The van der Waals surface area contributed by atoms with Crippen LogP contribution in [0.3, 0.4) is 0 Å². The molecule has 2 aromatic rings. The van der Waals surface area contributed by atoms with Crippen molar-refractivity contribution in [3.63, 3.8) is 0 Å². The topological polar surface area (TPSA) is 42.7 Å². The zero-order valence-corrected chi connectivity index (χ0v) is 14.2. The van der Waals surface area contributed by atoms with Gasteiger partial charge in [0.25, 0.3) is 0 Å². The quantitative estimate of drug-likeness (QED) is 0.891. The van der Waals surface area contributed by atoms with Crippen LogP contribution in [0.15, 0.2) is 22.8 Å². The van der Waals surface area contributed by atoms with E-state index in [-0.39, 0.29) is 6.04 Å². The Morgan fingerprint density at radius 2 is 2.25 bits per heavy atom. The molecule has 0 spiro atoms. The van der Waals surface area contributed by atoms with E-state index in [0.717, 1.165) is 39.5 Å². The van der Waals surface area contributed by atoms with E-state index >= 15 is 0 Å². The second-order valence-electron chi connectivity index (χ2n) is 4.65. The molecule has 1 N–H and O–H groups in total. The molecule has 0 saturated heterocycles. The van der Waals surface area contributed by atoms with Crippen molar-refractivity contribution in [3.8, 4) is 0 Å². The number of nitrogens with zero attached hydrogens (tertiary/aromatic N) is 3. The summed E-state index contributed by atoms with van der Waals surface area (Å²) in [5, 5.41) is 8.56. The highest BCUT2D eigenvalue weighted by atomic mass is 79.9. The van der Waals surface area contributed by atoms with Crippen LogP contribution in [0.4, 0.5) is 0 Å². The van der Waals surface area contributed by atoms with Crippen LogP contribution in [0, 0.1) is 6.92 Å². The van der Waals surface area contributed by atoms with Crippen LogP contribution >= 0.6 is 27.5 Å². The Kier molecular flexibility index (Phi) is 5.18. The van der Waals surface area contributed by atoms with Crippen LogP contribution in [0.2, 0.25) is 5.02 Å². The highest BCUT2D eigenvalue weighted by Gasteiger charge is 2.20. The number of hydrogen-bond donors (Lipinski definition) is 1. The minimum atomic E-state index is 0.0999. The van der Waals surface area contributed by atoms with E-state index in [9.17, 15) is 0 Å². The number of nitrogens with one attached hydrogen (secondary N) is 1. The molecule has 0 bridgehead atoms. The van der Waals surface area contributed by atoms with E-state index in [0.29, 0.717) is 0 Å². The third kappa shape index (κ3) is 3.22. The van der Waals surface area contributed by atoms with Crippen LogP contribution in [-0.4, -0.2) is 21.3 Å². The van der Waals surface area contributed by atoms with Crippen LogP contribution in [0.5, 0.6) is 0 Å². The maximum atomic E-state index is 6.34. The van der Waals surface area contributed by atoms with Gasteiger partial charge in [-0.15, -0.1) is 0 Å². The first-order valence-electron chi connectivity index (χ1n) is 6.56. The average Bonchev–Trinajstić information content (AvgIpc) is 2.65. The van der Waals surface area contributed by atoms with Crippen LogP contribution in [-0.2, 0) is 13.5 Å². The lowest BCUT2D eigenvalue weighted by molar-refractivity contribution is 0.515. The Morgan fingerprint density at radius 1 is 1.50 bits per heavy atom. The maximum absolute atomic E-state index is 6.34. The summed E-state index contributed by atoms with van der Waals surface area (Å²) in [5.41, 5.74) is 2.87. The van der Waals surface area contributed by atoms with Crippen molar-refractivity contribution >= 4 is 27.5 Å². The van der Waals surface area contributed by atoms with Gasteiger partial charge in [-0.05, 0) is 41.5 Å². The second-order valence-corrected chi connectivity index (χ2v) is 5.89. The van der Waals surface area contributed by atoms with E-state index in [2.05, 4.69) is 38.3 Å². The molecule has 0 aromatic carbocycles. The summed E-state index contributed by atoms with van der Waals surface area (Å²) in [6.45, 7) is 4.87. The summed E-state index contributed by atoms with van der Waals surface area (Å²) in [6, 6.07) is 4.02. The van der Waals surface area contributed by atoms with Crippen molar-refractivity contribution in [1.82, 2.24) is 20.1 Å². The molecule has 4 nitrogen and oxygen atoms in total. The minimum Gasteiger partial charge on any atom is -0.309 e. The van der Waals surface area contributed by atoms with E-state index in [4.69, 9.17) is 11.6 Å². The average molecular weight is 358 g/mol. The third-order valence-electron chi connectivity index (χ3n) is 3.23. The minimum absolute atomic E-state index is 0.0999. The largest absolute Gasteiger partial charge is 0.309 e. The van der Waals surface area contributed by atoms with Gasteiger partial charge in [-0.2, -0.15) is 5.10 Å². The molecule has 1 atom stereocenters. The van der Waals surface area contributed by atoms with Gasteiger partial charge in [0.05, 0.1) is 28.1 Å². The number of likely N-dealkylation sites (N-methyl/N-ethyl adjacent to an activating group) is 1. The molecule has 0 saturated carbocycles. The van der Waals surface area contributed by atoms with Gasteiger partial charge in [-0.1, -0.05) is 18.5 Å². The maximum Gasteiger partial charge on any atom is 0.0847 e. The first-order chi connectivity index (χ1) is 9.54. The molecule has 0 aliphatic heterocycles. The number of hydrogen-bond acceptors (Lipinski definition) is 3. The Labute approximate surface area is 132 Å². The van der Waals surface area contributed by atoms with Crippen molar-refractivity contribution in [3.05, 3.63) is 44.9 Å². The Morgan fingerprint density at radius 3 is 2.80 bits per heavy atom. The molecule has 2 heterocycles. The summed E-state index contributed by atoms with van der Waals surface area (Å²) in [4.78, 5) is 4.48. The molecular formula is C14H18BrClN4. The zero-order chi connectivity index (χ0) is 14.7. The van der Waals surface area contributed by atoms with Gasteiger partial charge >= 0.3 is 0 Å². The molecule has 2 rings (SSSR count). The number of aryl methyl sites for hydroxylation is 2. The second kappa shape index (κ2) is 6.70. The fourth-order valence-corrected chi connectivity index (χ4v) is 3.03. The predicted octanol–water partition coefficient (Wildman–Crippen LogP) is 3.43. The van der Waals surface area contributed by atoms with E-state index < -0.39 is 0 Å². The lowest BCUT2D eigenvalue weighted by Gasteiger charge is -2.19. The molecule has 0 fully saturated rings. The number of rotatable bonds is 5. The number of halogens is 2. The van der Waals surface area contributed by atoms with Gasteiger partial charge in [0, 0.05) is 24.1 Å². The molecule has 0 aliphatic rings. The van der Waals surface area contributed by atoms with Gasteiger partial charge in [-0.3, -0.25) is 9.67 Å². The summed E-state index contributed by atoms with van der Waals surface area (Å²) in [6.07, 6.45) is 2.56. The smallest absolute Gasteiger partial charge is 0.0847 e. The van der Waals surface area contributed by atoms with Crippen molar-refractivity contribution in [1.29, 1.82) is 0 Å². The molecule has 2 aromatic heterocycles. The zero-order valence-electron chi connectivity index (χ0n) is 11.8. The summed E-state index contributed by atoms with van der Waals surface area (Å²) >= 11 is 9.91. The fourth-order valence-electron chi connectivity index (χ4n) is 2.26. The molecule has 108 valence electrons. The summed E-state index contributed by atoms with van der Waals surface area (Å²) < 4.78 is 2.85. The Bertz CT molecular complexity index is 597. The predicted molar refractivity (Wildman–Crippen MR) is 85.0 cm³/mol. The van der Waals surface area contributed by atoms with E-state index in [1.165, 1.54) is 0 Å². The normalized spacial score (nSPS) is 12.7. The molecule has 0 aliphatic carbocycles. The standard InChI is InChI=1S/C14H18BrClN4/c1-4-17-11(14-10(15)6-5-7-18-14)8-12-13(16)9(2)19-20(12)3/h5-7,11,17H,4,8H2,1-3H3. The lowest BCUT2D eigenvalue weighted by atomic mass is 10.1. The SMILES string of the molecule is CCNC(Cc1c(Cl)c(C)nn1C)c1ncccc1Br. The molecule has 1 unspecified atom stereocenters. The fraction of sp³-hybridized carbons (Fsp3) is 0.429. The van der Waals surface area contributed by atoms with Gasteiger partial charge < -0.3 is 5.32 Å². The van der Waals surface area contributed by atoms with Crippen molar-refractivity contribution in [2.75, 3.05) is 6.54 Å². The van der Waals surface area contributed by atoms with Gasteiger partial charge in [-0.25, -0.2) is 0 Å². The third-order valence-corrected chi connectivity index (χ3v) is 4.39. The Hall–Kier alpha value is -0.910. The van der Waals surface area contributed by atoms with Gasteiger partial charge in [0.2, 0.25) is 0 Å². The highest BCUT2D eigenvalue weighted by molar-refractivity contribution is 9.10.